The number of nitrogens with one attached hydrogen (secondary N) is 1. The molecule has 1 amide bonds. The Labute approximate surface area is 191 Å². The topological polar surface area (TPSA) is 56.1 Å². The van der Waals surface area contributed by atoms with Crippen LogP contribution < -0.4 is 10.1 Å². The zero-order valence-electron chi connectivity index (χ0n) is 19.3. The zero-order chi connectivity index (χ0) is 22.3. The standard InChI is InChI=1S/C27H35N3O2/c1-20(2)21-12-14-23(15-13-21)32-19-18-30-25-11-7-6-10-24(25)29-26(30)16-17-28-27(31)22-8-4-3-5-9-22/h6-7,10-15,20,22H,3-5,8-9,16-19H2,1-2H3,(H,28,31). The maximum absolute atomic E-state index is 12.5. The highest BCUT2D eigenvalue weighted by molar-refractivity contribution is 5.78. The van der Waals surface area contributed by atoms with Crippen molar-refractivity contribution < 1.29 is 9.53 Å². The lowest BCUT2D eigenvalue weighted by atomic mass is 9.89. The summed E-state index contributed by atoms with van der Waals surface area (Å²) in [6, 6.07) is 16.6. The number of carbonyl (C=O) groups excluding carboxylic acids is 1. The van der Waals surface area contributed by atoms with Gasteiger partial charge in [-0.2, -0.15) is 0 Å². The lowest BCUT2D eigenvalue weighted by Crippen LogP contribution is -2.33. The van der Waals surface area contributed by atoms with Gasteiger partial charge in [0.05, 0.1) is 17.6 Å². The Kier molecular flexibility index (Phi) is 7.46. The van der Waals surface area contributed by atoms with Crippen LogP contribution in [0, 0.1) is 5.92 Å². The number of hydrogen-bond acceptors (Lipinski definition) is 3. The average Bonchev–Trinajstić information content (AvgIpc) is 3.17. The maximum atomic E-state index is 12.5. The molecule has 1 fully saturated rings. The number of rotatable bonds is 9. The average molecular weight is 434 g/mol. The zero-order valence-corrected chi connectivity index (χ0v) is 19.3. The van der Waals surface area contributed by atoms with Crippen LogP contribution in [-0.4, -0.2) is 28.6 Å². The highest BCUT2D eigenvalue weighted by atomic mass is 16.5. The first-order valence-electron chi connectivity index (χ1n) is 12.1. The van der Waals surface area contributed by atoms with Crippen molar-refractivity contribution in [1.29, 1.82) is 0 Å². The summed E-state index contributed by atoms with van der Waals surface area (Å²) in [6.07, 6.45) is 6.38. The second-order valence-electron chi connectivity index (χ2n) is 9.12. The van der Waals surface area contributed by atoms with E-state index < -0.39 is 0 Å². The lowest BCUT2D eigenvalue weighted by Gasteiger charge is -2.20. The van der Waals surface area contributed by atoms with Crippen molar-refractivity contribution in [2.75, 3.05) is 13.2 Å². The number of carbonyl (C=O) groups is 1. The Morgan fingerprint density at radius 1 is 1.09 bits per heavy atom. The molecule has 4 rings (SSSR count). The van der Waals surface area contributed by atoms with Crippen LogP contribution >= 0.6 is 0 Å². The second kappa shape index (κ2) is 10.7. The molecule has 2 aromatic carbocycles. The molecule has 32 heavy (non-hydrogen) atoms. The normalized spacial score (nSPS) is 14.7. The molecule has 0 spiro atoms. The number of benzene rings is 2. The van der Waals surface area contributed by atoms with Crippen LogP contribution in [0.25, 0.3) is 11.0 Å². The van der Waals surface area contributed by atoms with E-state index in [0.29, 0.717) is 19.1 Å². The van der Waals surface area contributed by atoms with Gasteiger partial charge in [-0.3, -0.25) is 4.79 Å². The molecule has 5 nitrogen and oxygen atoms in total. The van der Waals surface area contributed by atoms with Gasteiger partial charge in [0.25, 0.3) is 0 Å². The van der Waals surface area contributed by atoms with Gasteiger partial charge >= 0.3 is 0 Å². The van der Waals surface area contributed by atoms with Gasteiger partial charge in [-0.25, -0.2) is 4.98 Å². The Bertz CT molecular complexity index is 1020. The van der Waals surface area contributed by atoms with Gasteiger partial charge in [0.2, 0.25) is 5.91 Å². The molecule has 0 atom stereocenters. The van der Waals surface area contributed by atoms with Crippen molar-refractivity contribution in [3.8, 4) is 5.75 Å². The van der Waals surface area contributed by atoms with E-state index in [4.69, 9.17) is 9.72 Å². The van der Waals surface area contributed by atoms with Crippen LogP contribution in [0.15, 0.2) is 48.5 Å². The minimum absolute atomic E-state index is 0.193. The first-order valence-corrected chi connectivity index (χ1v) is 12.1. The molecular weight excluding hydrogens is 398 g/mol. The largest absolute Gasteiger partial charge is 0.492 e. The van der Waals surface area contributed by atoms with Gasteiger partial charge in [-0.15, -0.1) is 0 Å². The van der Waals surface area contributed by atoms with Crippen LogP contribution in [0.3, 0.4) is 0 Å². The van der Waals surface area contributed by atoms with E-state index in [1.54, 1.807) is 0 Å². The molecule has 0 unspecified atom stereocenters. The fourth-order valence-corrected chi connectivity index (χ4v) is 4.58. The number of amides is 1. The number of nitrogens with zero attached hydrogens (tertiary/aromatic N) is 2. The molecule has 1 aliphatic rings. The van der Waals surface area contributed by atoms with Gasteiger partial charge in [-0.1, -0.05) is 57.4 Å². The van der Waals surface area contributed by atoms with Crippen LogP contribution in [0.2, 0.25) is 0 Å². The summed E-state index contributed by atoms with van der Waals surface area (Å²) in [5.41, 5.74) is 3.41. The summed E-state index contributed by atoms with van der Waals surface area (Å²) in [5, 5.41) is 3.15. The minimum Gasteiger partial charge on any atom is -0.492 e. The van der Waals surface area contributed by atoms with E-state index in [9.17, 15) is 4.79 Å². The van der Waals surface area contributed by atoms with Crippen molar-refractivity contribution in [3.63, 3.8) is 0 Å². The highest BCUT2D eigenvalue weighted by Gasteiger charge is 2.20. The van der Waals surface area contributed by atoms with Crippen molar-refractivity contribution in [3.05, 3.63) is 59.9 Å². The Balaban J connectivity index is 1.37. The monoisotopic (exact) mass is 433 g/mol. The molecule has 0 bridgehead atoms. The van der Waals surface area contributed by atoms with Gasteiger partial charge in [0.1, 0.15) is 18.2 Å². The first-order chi connectivity index (χ1) is 15.6. The van der Waals surface area contributed by atoms with Crippen LogP contribution in [0.1, 0.15) is 63.3 Å². The third-order valence-electron chi connectivity index (χ3n) is 6.49. The fraction of sp³-hybridized carbons (Fsp3) is 0.481. The van der Waals surface area contributed by atoms with E-state index in [2.05, 4.69) is 41.9 Å². The SMILES string of the molecule is CC(C)c1ccc(OCCn2c(CCNC(=O)C3CCCCC3)nc3ccccc32)cc1. The van der Waals surface area contributed by atoms with Gasteiger partial charge < -0.3 is 14.6 Å². The van der Waals surface area contributed by atoms with Crippen molar-refractivity contribution in [1.82, 2.24) is 14.9 Å². The first kappa shape index (κ1) is 22.4. The van der Waals surface area contributed by atoms with E-state index in [0.717, 1.165) is 48.4 Å². The maximum Gasteiger partial charge on any atom is 0.223 e. The van der Waals surface area contributed by atoms with E-state index >= 15 is 0 Å². The third kappa shape index (κ3) is 5.50. The summed E-state index contributed by atoms with van der Waals surface area (Å²) in [7, 11) is 0. The van der Waals surface area contributed by atoms with Crippen molar-refractivity contribution in [2.24, 2.45) is 5.92 Å². The number of hydrogen-bond donors (Lipinski definition) is 1. The van der Waals surface area contributed by atoms with Crippen molar-refractivity contribution in [2.45, 2.75) is 64.8 Å². The molecular formula is C27H35N3O2. The number of ether oxygens (including phenoxy) is 1. The number of para-hydroxylation sites is 2. The summed E-state index contributed by atoms with van der Waals surface area (Å²) in [6.45, 7) is 6.30. The van der Waals surface area contributed by atoms with Crippen molar-refractivity contribution >= 4 is 16.9 Å². The second-order valence-corrected chi connectivity index (χ2v) is 9.12. The fourth-order valence-electron chi connectivity index (χ4n) is 4.58. The van der Waals surface area contributed by atoms with Crippen LogP contribution in [0.5, 0.6) is 5.75 Å². The molecule has 1 aliphatic carbocycles. The molecule has 0 radical (unpaired) electrons. The Morgan fingerprint density at radius 2 is 1.84 bits per heavy atom. The van der Waals surface area contributed by atoms with Gasteiger partial charge in [0.15, 0.2) is 0 Å². The van der Waals surface area contributed by atoms with Crippen LogP contribution in [-0.2, 0) is 17.8 Å². The van der Waals surface area contributed by atoms with E-state index in [-0.39, 0.29) is 11.8 Å². The molecule has 1 saturated carbocycles. The molecule has 5 heteroatoms. The quantitative estimate of drug-likeness (QED) is 0.486. The molecule has 1 N–H and O–H groups in total. The summed E-state index contributed by atoms with van der Waals surface area (Å²) < 4.78 is 8.25. The number of aromatic nitrogens is 2. The van der Waals surface area contributed by atoms with Crippen LogP contribution in [0.4, 0.5) is 0 Å². The Hall–Kier alpha value is -2.82. The number of fused-ring (bicyclic) bond motifs is 1. The summed E-state index contributed by atoms with van der Waals surface area (Å²) in [5.74, 6) is 2.80. The molecule has 1 aromatic heterocycles. The van der Waals surface area contributed by atoms with Gasteiger partial charge in [-0.05, 0) is 48.6 Å². The van der Waals surface area contributed by atoms with E-state index in [1.165, 1.54) is 24.8 Å². The predicted octanol–water partition coefficient (Wildman–Crippen LogP) is 5.48. The predicted molar refractivity (Wildman–Crippen MR) is 129 cm³/mol. The Morgan fingerprint density at radius 3 is 2.59 bits per heavy atom. The number of imidazole rings is 1. The summed E-state index contributed by atoms with van der Waals surface area (Å²) >= 11 is 0. The highest BCUT2D eigenvalue weighted by Crippen LogP contribution is 2.24. The summed E-state index contributed by atoms with van der Waals surface area (Å²) in [4.78, 5) is 17.3. The molecule has 170 valence electrons. The molecule has 0 aliphatic heterocycles. The smallest absolute Gasteiger partial charge is 0.223 e. The molecule has 1 heterocycles. The molecule has 3 aromatic rings. The molecule has 0 saturated heterocycles. The van der Waals surface area contributed by atoms with Gasteiger partial charge in [0, 0.05) is 18.9 Å². The minimum atomic E-state index is 0.193. The lowest BCUT2D eigenvalue weighted by molar-refractivity contribution is -0.125. The van der Waals surface area contributed by atoms with E-state index in [1.807, 2.05) is 30.3 Å². The third-order valence-corrected chi connectivity index (χ3v) is 6.49.